The number of aromatic nitrogens is 7. The van der Waals surface area contributed by atoms with Crippen molar-refractivity contribution in [1.82, 2.24) is 35.0 Å². The first-order valence-electron chi connectivity index (χ1n) is 13.3. The van der Waals surface area contributed by atoms with E-state index in [0.717, 1.165) is 52.0 Å². The average Bonchev–Trinajstić information content (AvgIpc) is 3.61. The van der Waals surface area contributed by atoms with Crippen molar-refractivity contribution >= 4 is 5.97 Å². The second-order valence-electron chi connectivity index (χ2n) is 9.57. The van der Waals surface area contributed by atoms with Gasteiger partial charge in [0.25, 0.3) is 0 Å². The third-order valence-electron chi connectivity index (χ3n) is 6.74. The summed E-state index contributed by atoms with van der Waals surface area (Å²) in [7, 11) is 0. The number of carbonyl (C=O) groups is 1. The van der Waals surface area contributed by atoms with Crippen LogP contribution in [-0.2, 0) is 35.6 Å². The van der Waals surface area contributed by atoms with Crippen LogP contribution in [0.4, 0.5) is 0 Å². The SMILES string of the molecule is CCCCc1nn(Cc2ccccc2COC(C)=O)c(=O)n1Cc1ccc(-c2ccccc2-c2nn[nH]n2)cc1. The topological polar surface area (TPSA) is 121 Å². The number of hydrogen-bond donors (Lipinski definition) is 1. The summed E-state index contributed by atoms with van der Waals surface area (Å²) >= 11 is 0. The monoisotopic (exact) mass is 537 g/mol. The van der Waals surface area contributed by atoms with Crippen molar-refractivity contribution < 1.29 is 9.53 Å². The van der Waals surface area contributed by atoms with E-state index in [2.05, 4.69) is 27.5 Å². The van der Waals surface area contributed by atoms with Gasteiger partial charge in [0.1, 0.15) is 12.4 Å². The molecule has 0 saturated carbocycles. The Kier molecular flexibility index (Phi) is 8.24. The Morgan fingerprint density at radius 2 is 1.65 bits per heavy atom. The van der Waals surface area contributed by atoms with Crippen LogP contribution in [0.5, 0.6) is 0 Å². The van der Waals surface area contributed by atoms with Gasteiger partial charge in [-0.25, -0.2) is 9.48 Å². The van der Waals surface area contributed by atoms with Crippen LogP contribution in [0, 0.1) is 0 Å². The summed E-state index contributed by atoms with van der Waals surface area (Å²) in [6.45, 7) is 4.38. The number of carbonyl (C=O) groups excluding carboxylic acids is 1. The minimum Gasteiger partial charge on any atom is -0.461 e. The molecule has 0 unspecified atom stereocenters. The van der Waals surface area contributed by atoms with Crippen LogP contribution >= 0.6 is 0 Å². The van der Waals surface area contributed by atoms with Gasteiger partial charge in [-0.15, -0.1) is 10.2 Å². The van der Waals surface area contributed by atoms with Gasteiger partial charge in [0.05, 0.1) is 13.1 Å². The van der Waals surface area contributed by atoms with E-state index in [1.165, 1.54) is 11.6 Å². The Labute approximate surface area is 231 Å². The summed E-state index contributed by atoms with van der Waals surface area (Å²) in [5.41, 5.74) is 5.47. The third kappa shape index (κ3) is 6.06. The van der Waals surface area contributed by atoms with Crippen LogP contribution in [0.1, 0.15) is 49.2 Å². The molecule has 10 heteroatoms. The third-order valence-corrected chi connectivity index (χ3v) is 6.74. The highest BCUT2D eigenvalue weighted by Crippen LogP contribution is 2.29. The maximum atomic E-state index is 13.6. The van der Waals surface area contributed by atoms with Gasteiger partial charge >= 0.3 is 11.7 Å². The lowest BCUT2D eigenvalue weighted by Gasteiger charge is -2.09. The lowest BCUT2D eigenvalue weighted by Crippen LogP contribution is -2.26. The van der Waals surface area contributed by atoms with E-state index in [-0.39, 0.29) is 18.3 Å². The number of ether oxygens (including phenoxy) is 1. The molecule has 0 aliphatic rings. The number of aryl methyl sites for hydroxylation is 1. The molecule has 0 amide bonds. The quantitative estimate of drug-likeness (QED) is 0.248. The summed E-state index contributed by atoms with van der Waals surface area (Å²) in [5.74, 6) is 0.951. The summed E-state index contributed by atoms with van der Waals surface area (Å²) in [5, 5.41) is 19.2. The molecule has 0 aliphatic heterocycles. The zero-order valence-corrected chi connectivity index (χ0v) is 22.6. The molecule has 0 bridgehead atoms. The minimum atomic E-state index is -0.345. The maximum Gasteiger partial charge on any atom is 0.346 e. The van der Waals surface area contributed by atoms with Crippen LogP contribution in [-0.4, -0.2) is 40.9 Å². The first-order chi connectivity index (χ1) is 19.5. The maximum absolute atomic E-state index is 13.6. The number of benzene rings is 3. The average molecular weight is 538 g/mol. The van der Waals surface area contributed by atoms with E-state index in [4.69, 9.17) is 9.84 Å². The number of H-pyrrole nitrogens is 1. The smallest absolute Gasteiger partial charge is 0.346 e. The minimum absolute atomic E-state index is 0.159. The second-order valence-corrected chi connectivity index (χ2v) is 9.57. The van der Waals surface area contributed by atoms with Gasteiger partial charge in [0, 0.05) is 18.9 Å². The van der Waals surface area contributed by atoms with Crippen molar-refractivity contribution in [3.63, 3.8) is 0 Å². The molecule has 5 rings (SSSR count). The van der Waals surface area contributed by atoms with Gasteiger partial charge in [-0.05, 0) is 39.5 Å². The molecule has 0 atom stereocenters. The van der Waals surface area contributed by atoms with Crippen LogP contribution in [0.2, 0.25) is 0 Å². The molecule has 0 spiro atoms. The summed E-state index contributed by atoms with van der Waals surface area (Å²) in [6.07, 6.45) is 2.65. The van der Waals surface area contributed by atoms with Gasteiger partial charge in [-0.3, -0.25) is 9.36 Å². The molecule has 204 valence electrons. The fraction of sp³-hybridized carbons (Fsp3) is 0.267. The normalized spacial score (nSPS) is 11.1. The molecule has 10 nitrogen and oxygen atoms in total. The van der Waals surface area contributed by atoms with Gasteiger partial charge < -0.3 is 4.74 Å². The van der Waals surface area contributed by atoms with E-state index < -0.39 is 0 Å². The van der Waals surface area contributed by atoms with Gasteiger partial charge in [-0.2, -0.15) is 10.3 Å². The number of aromatic amines is 1. The largest absolute Gasteiger partial charge is 0.461 e. The molecule has 1 N–H and O–H groups in total. The molecule has 0 saturated heterocycles. The zero-order valence-electron chi connectivity index (χ0n) is 22.6. The van der Waals surface area contributed by atoms with Crippen molar-refractivity contribution in [2.75, 3.05) is 0 Å². The second kappa shape index (κ2) is 12.3. The number of hydrogen-bond acceptors (Lipinski definition) is 7. The number of tetrazole rings is 1. The highest BCUT2D eigenvalue weighted by atomic mass is 16.5. The molecule has 5 aromatic rings. The standard InChI is InChI=1S/C30H31N7O3/c1-3-4-13-28-33-37(19-24-9-5-6-10-25(24)20-40-21(2)38)30(39)36(28)18-22-14-16-23(17-15-22)26-11-7-8-12-27(26)29-31-34-35-32-29/h5-12,14-17H,3-4,13,18-20H2,1-2H3,(H,31,32,34,35). The predicted octanol–water partition coefficient (Wildman–Crippen LogP) is 4.39. The number of rotatable bonds is 11. The first-order valence-corrected chi connectivity index (χ1v) is 13.3. The fourth-order valence-corrected chi connectivity index (χ4v) is 4.64. The molecule has 3 aromatic carbocycles. The Hall–Kier alpha value is -4.86. The van der Waals surface area contributed by atoms with Crippen molar-refractivity contribution in [3.8, 4) is 22.5 Å². The van der Waals surface area contributed by atoms with E-state index in [1.54, 1.807) is 4.57 Å². The van der Waals surface area contributed by atoms with Gasteiger partial charge in [-0.1, -0.05) is 86.1 Å². The van der Waals surface area contributed by atoms with Crippen molar-refractivity contribution in [3.05, 3.63) is 106 Å². The number of nitrogens with one attached hydrogen (secondary N) is 1. The van der Waals surface area contributed by atoms with Crippen LogP contribution in [0.15, 0.2) is 77.6 Å². The van der Waals surface area contributed by atoms with Gasteiger partial charge in [0.15, 0.2) is 0 Å². The fourth-order valence-electron chi connectivity index (χ4n) is 4.64. The lowest BCUT2D eigenvalue weighted by molar-refractivity contribution is -0.142. The van der Waals surface area contributed by atoms with Crippen molar-refractivity contribution in [2.45, 2.75) is 52.8 Å². The Morgan fingerprint density at radius 1 is 0.925 bits per heavy atom. The zero-order chi connectivity index (χ0) is 27.9. The van der Waals surface area contributed by atoms with E-state index >= 15 is 0 Å². The highest BCUT2D eigenvalue weighted by molar-refractivity contribution is 5.80. The molecule has 0 fully saturated rings. The number of esters is 1. The lowest BCUT2D eigenvalue weighted by atomic mass is 9.98. The number of unbranched alkanes of at least 4 members (excludes halogenated alkanes) is 1. The van der Waals surface area contributed by atoms with Crippen molar-refractivity contribution in [1.29, 1.82) is 0 Å². The molecular weight excluding hydrogens is 506 g/mol. The summed E-state index contributed by atoms with van der Waals surface area (Å²) in [6, 6.07) is 23.7. The van der Waals surface area contributed by atoms with E-state index in [0.29, 0.717) is 25.3 Å². The highest BCUT2D eigenvalue weighted by Gasteiger charge is 2.16. The van der Waals surface area contributed by atoms with Gasteiger partial charge in [0.2, 0.25) is 5.82 Å². The van der Waals surface area contributed by atoms with Crippen LogP contribution < -0.4 is 5.69 Å². The molecule has 0 radical (unpaired) electrons. The summed E-state index contributed by atoms with van der Waals surface area (Å²) < 4.78 is 8.47. The van der Waals surface area contributed by atoms with Crippen LogP contribution in [0.3, 0.4) is 0 Å². The number of nitrogens with zero attached hydrogens (tertiary/aromatic N) is 6. The summed E-state index contributed by atoms with van der Waals surface area (Å²) in [4.78, 5) is 24.9. The Bertz CT molecular complexity index is 1640. The molecule has 0 aliphatic carbocycles. The molecular formula is C30H31N7O3. The molecule has 40 heavy (non-hydrogen) atoms. The first kappa shape index (κ1) is 26.7. The van der Waals surface area contributed by atoms with E-state index in [9.17, 15) is 9.59 Å². The van der Waals surface area contributed by atoms with E-state index in [1.807, 2.05) is 72.8 Å². The molecule has 2 heterocycles. The van der Waals surface area contributed by atoms with Crippen molar-refractivity contribution in [2.24, 2.45) is 0 Å². The Morgan fingerprint density at radius 3 is 2.35 bits per heavy atom. The predicted molar refractivity (Wildman–Crippen MR) is 150 cm³/mol. The molecule has 2 aromatic heterocycles. The van der Waals surface area contributed by atoms with Crippen LogP contribution in [0.25, 0.3) is 22.5 Å². The Balaban J connectivity index is 1.41.